The van der Waals surface area contributed by atoms with Crippen molar-refractivity contribution < 1.29 is 104 Å². The molecule has 4 N–H and O–H groups in total. The number of halogens is 2. The van der Waals surface area contributed by atoms with Crippen LogP contribution in [-0.2, 0) is 52.9 Å². The van der Waals surface area contributed by atoms with Gasteiger partial charge in [-0.1, -0.05) is 140 Å². The van der Waals surface area contributed by atoms with E-state index >= 15 is 0 Å². The normalized spacial score (nSPS) is 10.7. The molecule has 24 nitrogen and oxygen atoms in total. The Morgan fingerprint density at radius 2 is 0.551 bits per heavy atom. The lowest BCUT2D eigenvalue weighted by Gasteiger charge is -2.12. The maximum Gasteiger partial charge on any atom is 0.336 e. The van der Waals surface area contributed by atoms with Crippen molar-refractivity contribution >= 4 is 23.9 Å². The van der Waals surface area contributed by atoms with Crippen LogP contribution in [-0.4, -0.2) is 64.2 Å². The van der Waals surface area contributed by atoms with Crippen LogP contribution in [0.3, 0.4) is 0 Å². The minimum absolute atomic E-state index is 0.118. The van der Waals surface area contributed by atoms with Crippen molar-refractivity contribution in [2.75, 3.05) is 0 Å². The van der Waals surface area contributed by atoms with Gasteiger partial charge in [-0.15, -0.1) is 0 Å². The van der Waals surface area contributed by atoms with E-state index in [1.165, 1.54) is 36.8 Å². The zero-order valence-corrected chi connectivity index (χ0v) is 69.3. The lowest BCUT2D eigenvalue weighted by molar-refractivity contribution is 0.0682. The van der Waals surface area contributed by atoms with Crippen LogP contribution in [0, 0.1) is 46.3 Å². The van der Waals surface area contributed by atoms with E-state index in [2.05, 4.69) is 19.9 Å². The third kappa shape index (κ3) is 24.7. The summed E-state index contributed by atoms with van der Waals surface area (Å²) in [5.74, 6) is 2.55. The summed E-state index contributed by atoms with van der Waals surface area (Å²) < 4.78 is 95.1. The first-order chi connectivity index (χ1) is 61.6. The summed E-state index contributed by atoms with van der Waals surface area (Å²) >= 11 is 0. The predicted molar refractivity (Wildman–Crippen MR) is 465 cm³/mol. The molecule has 0 bridgehead atoms. The molecule has 0 aliphatic rings. The zero-order valence-electron chi connectivity index (χ0n) is 69.3. The number of aromatic carboxylic acids is 4. The summed E-state index contributed by atoms with van der Waals surface area (Å²) in [5.41, 5.74) is 11.8. The molecule has 0 saturated heterocycles. The molecule has 26 heteroatoms. The Balaban J connectivity index is 0.000000145. The first-order valence-electron chi connectivity index (χ1n) is 39.7. The van der Waals surface area contributed by atoms with Crippen molar-refractivity contribution in [2.45, 2.75) is 87.5 Å². The number of aromatic nitrogens is 4. The number of rotatable bonds is 32. The summed E-state index contributed by atoms with van der Waals surface area (Å²) in [5, 5.41) is 37.8. The van der Waals surface area contributed by atoms with Crippen molar-refractivity contribution in [1.82, 2.24) is 19.9 Å². The molecule has 642 valence electrons. The van der Waals surface area contributed by atoms with E-state index in [-0.39, 0.29) is 86.7 Å². The number of carboxylic acids is 4. The van der Waals surface area contributed by atoms with Crippen molar-refractivity contribution in [1.29, 1.82) is 0 Å². The van der Waals surface area contributed by atoms with E-state index in [1.807, 2.05) is 104 Å². The summed E-state index contributed by atoms with van der Waals surface area (Å²) in [7, 11) is 0. The zero-order chi connectivity index (χ0) is 89.1. The van der Waals surface area contributed by atoms with Gasteiger partial charge in [0.2, 0.25) is 23.6 Å². The molecule has 0 aliphatic carbocycles. The fourth-order valence-electron chi connectivity index (χ4n) is 13.1. The van der Waals surface area contributed by atoms with Crippen LogP contribution >= 0.6 is 0 Å². The first kappa shape index (κ1) is 88.4. The van der Waals surface area contributed by atoms with Crippen LogP contribution in [0.25, 0.3) is 45.8 Å². The minimum Gasteiger partial charge on any atom is -0.489 e. The third-order valence-electron chi connectivity index (χ3n) is 19.4. The number of benzene rings is 12. The van der Waals surface area contributed by atoms with Crippen LogP contribution in [0.1, 0.15) is 114 Å². The molecule has 12 aromatic carbocycles. The Labute approximate surface area is 728 Å². The Hall–Kier alpha value is -16.4. The maximum absolute atomic E-state index is 13.4. The predicted octanol–water partition coefficient (Wildman–Crippen LogP) is 22.6. The Morgan fingerprint density at radius 1 is 0.276 bits per heavy atom. The average molecular weight is 1710 g/mol. The molecular formula is C101H84F2N4O20. The molecule has 0 fully saturated rings. The van der Waals surface area contributed by atoms with Crippen molar-refractivity contribution in [3.63, 3.8) is 0 Å². The maximum atomic E-state index is 13.4. The quantitative estimate of drug-likeness (QED) is 0.0304. The van der Waals surface area contributed by atoms with Gasteiger partial charge in [0.25, 0.3) is 0 Å². The lowest BCUT2D eigenvalue weighted by atomic mass is 10.0. The van der Waals surface area contributed by atoms with E-state index in [4.69, 9.17) is 55.6 Å². The molecule has 127 heavy (non-hydrogen) atoms. The summed E-state index contributed by atoms with van der Waals surface area (Å²) in [4.78, 5) is 63.8. The molecule has 4 aromatic heterocycles. The fraction of sp³-hybridized carbons (Fsp3) is 0.129. The van der Waals surface area contributed by atoms with E-state index in [1.54, 1.807) is 192 Å². The van der Waals surface area contributed by atoms with Crippen molar-refractivity contribution in [3.05, 3.63) is 405 Å². The first-order valence-corrected chi connectivity index (χ1v) is 39.7. The molecule has 0 amide bonds. The number of ether oxygens (including phenoxy) is 8. The van der Waals surface area contributed by atoms with Gasteiger partial charge in [-0.05, 0) is 172 Å². The highest BCUT2D eigenvalue weighted by atomic mass is 19.1. The molecule has 0 radical (unpaired) electrons. The number of carboxylic acid groups (broad SMARTS) is 4. The molecule has 16 rings (SSSR count). The lowest BCUT2D eigenvalue weighted by Crippen LogP contribution is -2.08. The summed E-state index contributed by atoms with van der Waals surface area (Å²) in [6, 6.07) is 81.0. The number of oxazole rings is 4. The highest BCUT2D eigenvalue weighted by Gasteiger charge is 2.21. The SMILES string of the molecule is Cc1cccc(COc2cccc(OCc3coc(-c4ccc(F)cc4)n3)c2)c1C(=O)O.Cc1cccc(COc2cccc(OCc3coc(-c4cccc(F)c4)n3)c2)c1C(=O)O.Cc1cccc(COc2cccc(OCc3coc(-c4ccccc4)n3)c2)c1C(=O)O.Cc1cccc(COc2cccc(OCc3nc(-c4ccccc4)oc3C)c2)c1C(=O)O. The van der Waals surface area contributed by atoms with E-state index in [9.17, 15) is 48.4 Å². The number of hydrogen-bond acceptors (Lipinski definition) is 20. The van der Waals surface area contributed by atoms with Crippen molar-refractivity contribution in [3.8, 4) is 91.8 Å². The van der Waals surface area contributed by atoms with Gasteiger partial charge in [-0.3, -0.25) is 0 Å². The minimum atomic E-state index is -0.982. The van der Waals surface area contributed by atoms with Gasteiger partial charge in [-0.2, -0.15) is 0 Å². The smallest absolute Gasteiger partial charge is 0.336 e. The molecule has 16 aromatic rings. The number of carbonyl (C=O) groups is 4. The van der Waals surface area contributed by atoms with E-state index < -0.39 is 23.9 Å². The summed E-state index contributed by atoms with van der Waals surface area (Å²) in [6.45, 7) is 10.3. The van der Waals surface area contributed by atoms with Gasteiger partial charge < -0.3 is 76.0 Å². The number of hydrogen-bond donors (Lipinski definition) is 4. The second-order valence-corrected chi connectivity index (χ2v) is 28.6. The molecular weight excluding hydrogens is 1630 g/mol. The van der Waals surface area contributed by atoms with Gasteiger partial charge in [0.05, 0.1) is 22.3 Å². The second-order valence-electron chi connectivity index (χ2n) is 28.6. The van der Waals surface area contributed by atoms with Crippen LogP contribution in [0.5, 0.6) is 46.0 Å². The van der Waals surface area contributed by atoms with Crippen LogP contribution in [0.15, 0.2) is 316 Å². The van der Waals surface area contributed by atoms with E-state index in [0.29, 0.717) is 148 Å². The monoisotopic (exact) mass is 1710 g/mol. The number of nitrogens with zero attached hydrogens (tertiary/aromatic N) is 4. The second kappa shape index (κ2) is 42.9. The molecule has 4 heterocycles. The van der Waals surface area contributed by atoms with E-state index in [0.717, 1.165) is 16.8 Å². The van der Waals surface area contributed by atoms with Gasteiger partial charge in [0.15, 0.2) is 0 Å². The third-order valence-corrected chi connectivity index (χ3v) is 19.4. The molecule has 0 atom stereocenters. The van der Waals surface area contributed by atoms with Gasteiger partial charge >= 0.3 is 23.9 Å². The molecule has 0 spiro atoms. The highest BCUT2D eigenvalue weighted by molar-refractivity contribution is 5.93. The number of aryl methyl sites for hydroxylation is 5. The highest BCUT2D eigenvalue weighted by Crippen LogP contribution is 2.32. The van der Waals surface area contributed by atoms with Gasteiger partial charge in [-0.25, -0.2) is 47.9 Å². The van der Waals surface area contributed by atoms with Crippen LogP contribution < -0.4 is 37.9 Å². The standard InChI is InChI=1S/C26H23NO5.2C25H20FNO5.C25H21NO5/c1-17-8-6-11-20(24(17)26(28)29)15-30-21-12-7-13-22(14-21)31-16-23-18(2)32-25(27-23)19-9-4-3-5-10-19;1-16-5-2-7-18(23(16)25(28)29)13-30-21-9-4-10-22(12-21)31-14-20-15-32-24(27-20)17-6-3-8-19(26)11-17;1-16-4-2-5-18(23(16)25(28)29)13-30-21-6-3-7-22(12-21)31-14-20-15-32-24(27-20)17-8-10-19(26)11-9-17;1-17-7-5-10-19(23(17)25(27)28)14-29-21-11-6-12-22(13-21)30-15-20-16-31-24(26-20)18-8-3-2-4-9-18/h3-14H,15-16H2,1-2H3,(H,28,29);2*2-12,15H,13-14H2,1H3,(H,28,29);2-13,16H,14-15H2,1H3,(H,27,28). The fourth-order valence-corrected chi connectivity index (χ4v) is 13.1. The molecule has 0 aliphatic heterocycles. The van der Waals surface area contributed by atoms with Gasteiger partial charge in [0, 0.05) is 68.8 Å². The van der Waals surface area contributed by atoms with Crippen molar-refractivity contribution in [2.24, 2.45) is 0 Å². The Kier molecular flexibility index (Phi) is 29.9. The van der Waals surface area contributed by atoms with Crippen LogP contribution in [0.4, 0.5) is 8.78 Å². The Bertz CT molecular complexity index is 6450. The largest absolute Gasteiger partial charge is 0.489 e. The molecule has 0 saturated carbocycles. The van der Waals surface area contributed by atoms with Gasteiger partial charge in [0.1, 0.15) is 158 Å². The Morgan fingerprint density at radius 3 is 0.874 bits per heavy atom. The molecule has 0 unspecified atom stereocenters. The topological polar surface area (TPSA) is 327 Å². The summed E-state index contributed by atoms with van der Waals surface area (Å²) in [6.07, 6.45) is 4.53. The average Bonchev–Trinajstić information content (AvgIpc) is 1.79. The van der Waals surface area contributed by atoms with Crippen LogP contribution in [0.2, 0.25) is 0 Å².